The molecule has 2 heterocycles. The lowest BCUT2D eigenvalue weighted by Gasteiger charge is -2.49. The lowest BCUT2D eigenvalue weighted by molar-refractivity contribution is -0.152. The van der Waals surface area contributed by atoms with Crippen LogP contribution in [-0.2, 0) is 25.7 Å². The van der Waals surface area contributed by atoms with Crippen LogP contribution in [0, 0.1) is 0 Å². The lowest BCUT2D eigenvalue weighted by atomic mass is 10.0. The van der Waals surface area contributed by atoms with Gasteiger partial charge in [0.2, 0.25) is 0 Å². The Morgan fingerprint density at radius 2 is 1.94 bits per heavy atom. The first kappa shape index (κ1) is 24.5. The number of fused-ring (bicyclic) bond motifs is 1. The number of hydrogen-bond acceptors (Lipinski definition) is 6. The Kier molecular flexibility index (Phi) is 8.11. The topological polar surface area (TPSA) is 84.9 Å². The summed E-state index contributed by atoms with van der Waals surface area (Å²) < 4.78 is 10.8. The van der Waals surface area contributed by atoms with Crippen LogP contribution in [0.15, 0.2) is 41.6 Å². The molecule has 1 fully saturated rings. The summed E-state index contributed by atoms with van der Waals surface area (Å²) in [5.74, 6) is 0.263. The fourth-order valence-corrected chi connectivity index (χ4v) is 5.10. The third kappa shape index (κ3) is 5.98. The van der Waals surface area contributed by atoms with Crippen molar-refractivity contribution in [2.45, 2.75) is 63.7 Å². The Bertz CT molecular complexity index is 884. The summed E-state index contributed by atoms with van der Waals surface area (Å²) >= 11 is 7.33. The molecule has 0 radical (unpaired) electrons. The third-order valence-electron chi connectivity index (χ3n) is 4.99. The molecule has 0 aliphatic carbocycles. The average molecular weight is 481 g/mol. The molecule has 1 aromatic carbocycles. The van der Waals surface area contributed by atoms with Crippen molar-refractivity contribution in [3.05, 3.63) is 47.2 Å². The zero-order valence-electron chi connectivity index (χ0n) is 18.6. The number of benzene rings is 1. The molecular formula is C23H29ClN2O5S. The monoisotopic (exact) mass is 480 g/mol. The van der Waals surface area contributed by atoms with Gasteiger partial charge in [-0.15, -0.1) is 23.4 Å². The van der Waals surface area contributed by atoms with Crippen LogP contribution in [0.3, 0.4) is 0 Å². The molecule has 7 nitrogen and oxygen atoms in total. The maximum atomic E-state index is 13.0. The molecule has 0 spiro atoms. The number of carbonyl (C=O) groups is 3. The van der Waals surface area contributed by atoms with Gasteiger partial charge in [0.15, 0.2) is 0 Å². The Balaban J connectivity index is 1.73. The van der Waals surface area contributed by atoms with Crippen LogP contribution in [-0.4, -0.2) is 51.5 Å². The minimum atomic E-state index is -0.740. The number of amides is 2. The first-order valence-electron chi connectivity index (χ1n) is 10.6. The van der Waals surface area contributed by atoms with Crippen LogP contribution >= 0.6 is 23.4 Å². The summed E-state index contributed by atoms with van der Waals surface area (Å²) in [6.45, 7) is 5.40. The van der Waals surface area contributed by atoms with E-state index in [1.54, 1.807) is 20.8 Å². The molecule has 32 heavy (non-hydrogen) atoms. The summed E-state index contributed by atoms with van der Waals surface area (Å²) in [4.78, 5) is 39.6. The van der Waals surface area contributed by atoms with E-state index >= 15 is 0 Å². The van der Waals surface area contributed by atoms with E-state index in [9.17, 15) is 14.4 Å². The van der Waals surface area contributed by atoms with Crippen LogP contribution in [0.2, 0.25) is 0 Å². The molecule has 1 aromatic rings. The number of halogens is 1. The van der Waals surface area contributed by atoms with E-state index in [-0.39, 0.29) is 17.9 Å². The fourth-order valence-electron chi connectivity index (χ4n) is 3.52. The first-order valence-corrected chi connectivity index (χ1v) is 12.2. The second kappa shape index (κ2) is 10.6. The SMILES string of the molecule is CC(C)(C)OC(=O)N[C@@H]1C(=O)N2C(C(=O)OCc3ccccc3)=C(CCCCCl)CS[C@H]12. The quantitative estimate of drug-likeness (QED) is 0.260. The van der Waals surface area contributed by atoms with E-state index < -0.39 is 23.7 Å². The maximum absolute atomic E-state index is 13.0. The number of carbonyl (C=O) groups excluding carboxylic acids is 3. The highest BCUT2D eigenvalue weighted by atomic mass is 35.5. The smallest absolute Gasteiger partial charge is 0.408 e. The van der Waals surface area contributed by atoms with Gasteiger partial charge in [-0.05, 0) is 51.2 Å². The molecule has 2 amide bonds. The zero-order valence-corrected chi connectivity index (χ0v) is 20.1. The molecule has 2 aliphatic rings. The van der Waals surface area contributed by atoms with E-state index in [1.807, 2.05) is 30.3 Å². The van der Waals surface area contributed by atoms with Crippen LogP contribution in [0.25, 0.3) is 0 Å². The van der Waals surface area contributed by atoms with Crippen molar-refractivity contribution < 1.29 is 23.9 Å². The van der Waals surface area contributed by atoms with Crippen molar-refractivity contribution >= 4 is 41.3 Å². The van der Waals surface area contributed by atoms with Crippen molar-refractivity contribution in [1.82, 2.24) is 10.2 Å². The second-order valence-electron chi connectivity index (χ2n) is 8.69. The molecule has 2 aliphatic heterocycles. The zero-order chi connectivity index (χ0) is 23.3. The van der Waals surface area contributed by atoms with Gasteiger partial charge in [-0.3, -0.25) is 9.69 Å². The predicted octanol–water partition coefficient (Wildman–Crippen LogP) is 4.20. The summed E-state index contributed by atoms with van der Waals surface area (Å²) in [5, 5.41) is 2.27. The van der Waals surface area contributed by atoms with Crippen LogP contribution in [0.5, 0.6) is 0 Å². The molecule has 0 unspecified atom stereocenters. The number of alkyl carbamates (subject to hydrolysis) is 1. The molecule has 2 atom stereocenters. The van der Waals surface area contributed by atoms with Crippen molar-refractivity contribution in [3.8, 4) is 0 Å². The molecule has 0 aromatic heterocycles. The largest absolute Gasteiger partial charge is 0.456 e. The maximum Gasteiger partial charge on any atom is 0.408 e. The Morgan fingerprint density at radius 1 is 1.22 bits per heavy atom. The number of alkyl halides is 1. The van der Waals surface area contributed by atoms with Crippen molar-refractivity contribution in [2.24, 2.45) is 0 Å². The van der Waals surface area contributed by atoms with Crippen LogP contribution in [0.4, 0.5) is 4.79 Å². The van der Waals surface area contributed by atoms with Gasteiger partial charge in [-0.25, -0.2) is 9.59 Å². The normalized spacial score (nSPS) is 20.4. The second-order valence-corrected chi connectivity index (χ2v) is 10.2. The molecule has 174 valence electrons. The van der Waals surface area contributed by atoms with Crippen LogP contribution < -0.4 is 5.32 Å². The minimum absolute atomic E-state index is 0.123. The number of unbranched alkanes of at least 4 members (excludes halogenated alkanes) is 1. The number of thioether (sulfide) groups is 1. The van der Waals surface area contributed by atoms with Crippen molar-refractivity contribution in [2.75, 3.05) is 11.6 Å². The van der Waals surface area contributed by atoms with Gasteiger partial charge in [0.25, 0.3) is 5.91 Å². The highest BCUT2D eigenvalue weighted by Crippen LogP contribution is 2.42. The Hall–Kier alpha value is -2.19. The van der Waals surface area contributed by atoms with Crippen LogP contribution in [0.1, 0.15) is 45.6 Å². The van der Waals surface area contributed by atoms with Gasteiger partial charge < -0.3 is 14.8 Å². The Labute approximate surface area is 197 Å². The summed E-state index contributed by atoms with van der Waals surface area (Å²) in [5.41, 5.74) is 1.37. The Morgan fingerprint density at radius 3 is 2.59 bits per heavy atom. The van der Waals surface area contributed by atoms with E-state index in [0.717, 1.165) is 24.0 Å². The van der Waals surface area contributed by atoms with E-state index in [0.29, 0.717) is 23.8 Å². The fraction of sp³-hybridized carbons (Fsp3) is 0.522. The van der Waals surface area contributed by atoms with Crippen molar-refractivity contribution in [3.63, 3.8) is 0 Å². The van der Waals surface area contributed by atoms with Gasteiger partial charge >= 0.3 is 12.1 Å². The molecule has 0 bridgehead atoms. The standard InChI is InChI=1S/C23H29ClN2O5S/c1-23(2,3)31-22(29)25-17-19(27)26-18(16(11-7-8-12-24)14-32-20(17)26)21(28)30-13-15-9-5-4-6-10-15/h4-6,9-10,17,20H,7-8,11-14H2,1-3H3,(H,25,29)/t17-,20-/m1/s1. The molecule has 9 heteroatoms. The number of nitrogens with one attached hydrogen (secondary N) is 1. The summed E-state index contributed by atoms with van der Waals surface area (Å²) in [6, 6.07) is 8.65. The molecule has 1 saturated heterocycles. The molecule has 0 saturated carbocycles. The van der Waals surface area contributed by atoms with E-state index in [4.69, 9.17) is 21.1 Å². The number of rotatable bonds is 8. The van der Waals surface area contributed by atoms with E-state index in [2.05, 4.69) is 5.32 Å². The van der Waals surface area contributed by atoms with Gasteiger partial charge in [0.05, 0.1) is 0 Å². The minimum Gasteiger partial charge on any atom is -0.456 e. The lowest BCUT2D eigenvalue weighted by Crippen LogP contribution is -2.70. The molecule has 3 rings (SSSR count). The highest BCUT2D eigenvalue weighted by Gasteiger charge is 2.54. The number of hydrogen-bond donors (Lipinski definition) is 1. The van der Waals surface area contributed by atoms with Gasteiger partial charge in [-0.2, -0.15) is 0 Å². The first-order chi connectivity index (χ1) is 15.2. The number of esters is 1. The number of nitrogens with zero attached hydrogens (tertiary/aromatic N) is 1. The van der Waals surface area contributed by atoms with Gasteiger partial charge in [0, 0.05) is 11.6 Å². The molecular weight excluding hydrogens is 452 g/mol. The average Bonchev–Trinajstić information content (AvgIpc) is 2.75. The summed E-state index contributed by atoms with van der Waals surface area (Å²) in [7, 11) is 0. The van der Waals surface area contributed by atoms with Gasteiger partial charge in [-0.1, -0.05) is 30.3 Å². The number of β-lactam (4-membered cyclic amide) rings is 1. The summed E-state index contributed by atoms with van der Waals surface area (Å²) in [6.07, 6.45) is 1.65. The predicted molar refractivity (Wildman–Crippen MR) is 124 cm³/mol. The highest BCUT2D eigenvalue weighted by molar-refractivity contribution is 8.00. The number of ether oxygens (including phenoxy) is 2. The molecule has 1 N–H and O–H groups in total. The third-order valence-corrected chi connectivity index (χ3v) is 6.59. The van der Waals surface area contributed by atoms with Crippen molar-refractivity contribution in [1.29, 1.82) is 0 Å². The van der Waals surface area contributed by atoms with Gasteiger partial charge in [0.1, 0.15) is 29.3 Å². The van der Waals surface area contributed by atoms with E-state index in [1.165, 1.54) is 16.7 Å².